The van der Waals surface area contributed by atoms with Gasteiger partial charge in [0.15, 0.2) is 0 Å². The molecule has 0 heterocycles. The highest BCUT2D eigenvalue weighted by molar-refractivity contribution is 6.22. The van der Waals surface area contributed by atoms with Gasteiger partial charge in [-0.2, -0.15) is 0 Å². The van der Waals surface area contributed by atoms with Crippen molar-refractivity contribution in [3.05, 3.63) is 206 Å². The number of benzene rings is 9. The fraction of sp³-hybridized carbons (Fsp3) is 0.0566. The molecule has 53 heavy (non-hydrogen) atoms. The van der Waals surface area contributed by atoms with Gasteiger partial charge in [0.25, 0.3) is 0 Å². The normalized spacial score (nSPS) is 11.4. The molecule has 0 aromatic heterocycles. The molecule has 9 aromatic rings. The van der Waals surface area contributed by atoms with Crippen LogP contribution in [0.25, 0.3) is 88.3 Å². The summed E-state index contributed by atoms with van der Waals surface area (Å²) in [5.41, 5.74) is 16.1. The molecule has 252 valence electrons. The van der Waals surface area contributed by atoms with Crippen molar-refractivity contribution in [2.24, 2.45) is 0 Å². The standard InChI is InChI=1S/C53H40/c1-36(2)39-22-17-23-41(34-39)52-47-28-13-15-30-49(47)53(50-31-16-14-29-48(50)52)51-35-40(44-26-10-9-24-42(44)37-18-5-3-6-19-37)32-33-46(51)45-27-12-11-25-43(45)38-20-7-4-8-21-38/h3-36H,1-2H3. The Balaban J connectivity index is 1.39. The molecule has 0 nitrogen and oxygen atoms in total. The van der Waals surface area contributed by atoms with Crippen LogP contribution in [0.3, 0.4) is 0 Å². The molecule has 0 spiro atoms. The second kappa shape index (κ2) is 13.9. The molecule has 0 amide bonds. The van der Waals surface area contributed by atoms with Gasteiger partial charge in [0.2, 0.25) is 0 Å². The molecular formula is C53H40. The predicted octanol–water partition coefficient (Wildman–Crippen LogP) is 15.1. The van der Waals surface area contributed by atoms with Crippen molar-refractivity contribution in [3.8, 4) is 66.8 Å². The highest BCUT2D eigenvalue weighted by Gasteiger charge is 2.22. The van der Waals surface area contributed by atoms with Gasteiger partial charge in [-0.25, -0.2) is 0 Å². The van der Waals surface area contributed by atoms with Gasteiger partial charge in [0.05, 0.1) is 0 Å². The third-order valence-electron chi connectivity index (χ3n) is 10.7. The average molecular weight is 677 g/mol. The van der Waals surface area contributed by atoms with Crippen molar-refractivity contribution in [2.45, 2.75) is 19.8 Å². The Bertz CT molecular complexity index is 2680. The molecule has 0 fully saturated rings. The molecule has 9 aromatic carbocycles. The zero-order valence-corrected chi connectivity index (χ0v) is 30.1. The Morgan fingerprint density at radius 1 is 0.264 bits per heavy atom. The highest BCUT2D eigenvalue weighted by atomic mass is 14.2. The molecule has 0 unspecified atom stereocenters. The van der Waals surface area contributed by atoms with Crippen molar-refractivity contribution in [1.82, 2.24) is 0 Å². The van der Waals surface area contributed by atoms with Gasteiger partial charge in [-0.05, 0) is 106 Å². The zero-order chi connectivity index (χ0) is 35.7. The Morgan fingerprint density at radius 3 is 1.23 bits per heavy atom. The van der Waals surface area contributed by atoms with Gasteiger partial charge >= 0.3 is 0 Å². The summed E-state index contributed by atoms with van der Waals surface area (Å²) >= 11 is 0. The Hall–Kier alpha value is -6.50. The first-order valence-corrected chi connectivity index (χ1v) is 18.6. The minimum absolute atomic E-state index is 0.445. The van der Waals surface area contributed by atoms with E-state index in [1.807, 2.05) is 0 Å². The minimum Gasteiger partial charge on any atom is -0.0622 e. The number of hydrogen-bond acceptors (Lipinski definition) is 0. The number of fused-ring (bicyclic) bond motifs is 2. The van der Waals surface area contributed by atoms with Crippen molar-refractivity contribution in [3.63, 3.8) is 0 Å². The lowest BCUT2D eigenvalue weighted by Gasteiger charge is -2.22. The van der Waals surface area contributed by atoms with Crippen LogP contribution in [0.5, 0.6) is 0 Å². The van der Waals surface area contributed by atoms with Crippen molar-refractivity contribution in [2.75, 3.05) is 0 Å². The third-order valence-corrected chi connectivity index (χ3v) is 10.7. The van der Waals surface area contributed by atoms with E-state index in [0.29, 0.717) is 5.92 Å². The molecule has 0 atom stereocenters. The molecule has 0 radical (unpaired) electrons. The summed E-state index contributed by atoms with van der Waals surface area (Å²) in [4.78, 5) is 0. The van der Waals surface area contributed by atoms with Crippen LogP contribution in [-0.4, -0.2) is 0 Å². The SMILES string of the molecule is CC(C)c1cccc(-c2c3ccccc3c(-c3cc(-c4ccccc4-c4ccccc4)ccc3-c3ccccc3-c3ccccc3)c3ccccc23)c1. The fourth-order valence-electron chi connectivity index (χ4n) is 8.13. The molecule has 0 heteroatoms. The van der Waals surface area contributed by atoms with E-state index in [2.05, 4.69) is 214 Å². The number of rotatable bonds is 7. The molecule has 0 aliphatic heterocycles. The monoisotopic (exact) mass is 676 g/mol. The quantitative estimate of drug-likeness (QED) is 0.147. The summed E-state index contributed by atoms with van der Waals surface area (Å²) in [5.74, 6) is 0.445. The first-order valence-electron chi connectivity index (χ1n) is 18.6. The Kier molecular flexibility index (Phi) is 8.50. The Morgan fingerprint density at radius 2 is 0.679 bits per heavy atom. The largest absolute Gasteiger partial charge is 0.0622 e. The van der Waals surface area contributed by atoms with Crippen molar-refractivity contribution >= 4 is 21.5 Å². The highest BCUT2D eigenvalue weighted by Crippen LogP contribution is 2.49. The van der Waals surface area contributed by atoms with Crippen molar-refractivity contribution < 1.29 is 0 Å². The van der Waals surface area contributed by atoms with E-state index in [4.69, 9.17) is 0 Å². The average Bonchev–Trinajstić information content (AvgIpc) is 3.23. The second-order valence-corrected chi connectivity index (χ2v) is 14.2. The Labute approximate surface area is 312 Å². The summed E-state index contributed by atoms with van der Waals surface area (Å²) in [6.07, 6.45) is 0. The van der Waals surface area contributed by atoms with E-state index < -0.39 is 0 Å². The topological polar surface area (TPSA) is 0 Å². The molecule has 0 bridgehead atoms. The maximum atomic E-state index is 2.45. The lowest BCUT2D eigenvalue weighted by molar-refractivity contribution is 0.867. The van der Waals surface area contributed by atoms with E-state index in [1.165, 1.54) is 93.9 Å². The van der Waals surface area contributed by atoms with Crippen LogP contribution in [0.2, 0.25) is 0 Å². The summed E-state index contributed by atoms with van der Waals surface area (Å²) in [5, 5.41) is 5.03. The maximum Gasteiger partial charge on any atom is -0.00199 e. The van der Waals surface area contributed by atoms with Crippen LogP contribution >= 0.6 is 0 Å². The van der Waals surface area contributed by atoms with E-state index in [0.717, 1.165) is 0 Å². The van der Waals surface area contributed by atoms with Crippen LogP contribution in [0, 0.1) is 0 Å². The third kappa shape index (κ3) is 5.93. The summed E-state index contributed by atoms with van der Waals surface area (Å²) in [6.45, 7) is 4.55. The molecule has 0 aliphatic rings. The van der Waals surface area contributed by atoms with Crippen LogP contribution in [0.1, 0.15) is 25.3 Å². The second-order valence-electron chi connectivity index (χ2n) is 14.2. The van der Waals surface area contributed by atoms with Crippen LogP contribution < -0.4 is 0 Å². The molecule has 9 rings (SSSR count). The predicted molar refractivity (Wildman–Crippen MR) is 228 cm³/mol. The van der Waals surface area contributed by atoms with Gasteiger partial charge < -0.3 is 0 Å². The van der Waals surface area contributed by atoms with Crippen LogP contribution in [-0.2, 0) is 0 Å². The summed E-state index contributed by atoms with van der Waals surface area (Å²) in [7, 11) is 0. The maximum absolute atomic E-state index is 2.45. The summed E-state index contributed by atoms with van der Waals surface area (Å²) < 4.78 is 0. The lowest BCUT2D eigenvalue weighted by atomic mass is 9.81. The number of hydrogen-bond donors (Lipinski definition) is 0. The van der Waals surface area contributed by atoms with E-state index in [-0.39, 0.29) is 0 Å². The van der Waals surface area contributed by atoms with Crippen LogP contribution in [0.4, 0.5) is 0 Å². The van der Waals surface area contributed by atoms with Gasteiger partial charge in [0.1, 0.15) is 0 Å². The molecule has 0 N–H and O–H groups in total. The van der Waals surface area contributed by atoms with E-state index in [9.17, 15) is 0 Å². The first-order chi connectivity index (χ1) is 26.2. The molecule has 0 saturated carbocycles. The van der Waals surface area contributed by atoms with Crippen molar-refractivity contribution in [1.29, 1.82) is 0 Å². The zero-order valence-electron chi connectivity index (χ0n) is 30.1. The van der Waals surface area contributed by atoms with Gasteiger partial charge in [0, 0.05) is 0 Å². The van der Waals surface area contributed by atoms with E-state index >= 15 is 0 Å². The smallest absolute Gasteiger partial charge is 0.00199 e. The first kappa shape index (κ1) is 32.4. The van der Waals surface area contributed by atoms with Gasteiger partial charge in [-0.15, -0.1) is 0 Å². The van der Waals surface area contributed by atoms with Crippen LogP contribution in [0.15, 0.2) is 200 Å². The molecule has 0 saturated heterocycles. The lowest BCUT2D eigenvalue weighted by Crippen LogP contribution is -1.95. The fourth-order valence-corrected chi connectivity index (χ4v) is 8.13. The van der Waals surface area contributed by atoms with Gasteiger partial charge in [-0.1, -0.05) is 208 Å². The minimum atomic E-state index is 0.445. The molecule has 0 aliphatic carbocycles. The summed E-state index contributed by atoms with van der Waals surface area (Å²) in [6, 6.07) is 73.5. The van der Waals surface area contributed by atoms with E-state index in [1.54, 1.807) is 0 Å². The molecular weight excluding hydrogens is 637 g/mol. The van der Waals surface area contributed by atoms with Gasteiger partial charge in [-0.3, -0.25) is 0 Å².